The summed E-state index contributed by atoms with van der Waals surface area (Å²) in [7, 11) is 0. The number of aromatic nitrogens is 2. The average molecular weight is 363 g/mol. The third-order valence-corrected chi connectivity index (χ3v) is 4.86. The molecule has 2 N–H and O–H groups in total. The largest absolute Gasteiger partial charge is 0.323 e. The molecule has 2 rings (SSSR count). The predicted octanol–water partition coefficient (Wildman–Crippen LogP) is 3.76. The Morgan fingerprint density at radius 2 is 2.12 bits per heavy atom. The van der Waals surface area contributed by atoms with Crippen LogP contribution in [0.4, 0.5) is 10.1 Å². The van der Waals surface area contributed by atoms with Crippen LogP contribution in [0.2, 0.25) is 0 Å². The summed E-state index contributed by atoms with van der Waals surface area (Å²) in [5.41, 5.74) is 0.634. The summed E-state index contributed by atoms with van der Waals surface area (Å²) in [6.45, 7) is 3.93. The third kappa shape index (κ3) is 5.70. The van der Waals surface area contributed by atoms with Gasteiger partial charge in [-0.25, -0.2) is 9.37 Å². The third-order valence-electron chi connectivity index (χ3n) is 3.61. The highest BCUT2D eigenvalue weighted by Gasteiger charge is 2.20. The molecule has 1 unspecified atom stereocenters. The van der Waals surface area contributed by atoms with Crippen LogP contribution in [-0.4, -0.2) is 21.1 Å². The minimum atomic E-state index is -0.483. The fourth-order valence-corrected chi connectivity index (χ4v) is 3.19. The Kier molecular flexibility index (Phi) is 7.18. The predicted molar refractivity (Wildman–Crippen MR) is 98.4 cm³/mol. The van der Waals surface area contributed by atoms with E-state index in [2.05, 4.69) is 22.2 Å². The van der Waals surface area contributed by atoms with E-state index in [0.717, 1.165) is 25.0 Å². The summed E-state index contributed by atoms with van der Waals surface area (Å²) in [6, 6.07) is 7.51. The molecule has 0 radical (unpaired) electrons. The molecule has 25 heavy (non-hydrogen) atoms. The number of anilines is 1. The highest BCUT2D eigenvalue weighted by molar-refractivity contribution is 8.00. The van der Waals surface area contributed by atoms with Crippen LogP contribution in [0.1, 0.15) is 38.8 Å². The number of halogens is 1. The van der Waals surface area contributed by atoms with Gasteiger partial charge in [0.2, 0.25) is 5.91 Å². The molecule has 134 valence electrons. The van der Waals surface area contributed by atoms with E-state index in [0.29, 0.717) is 11.6 Å². The lowest BCUT2D eigenvalue weighted by Gasteiger charge is -2.14. The topological polar surface area (TPSA) is 74.8 Å². The van der Waals surface area contributed by atoms with Gasteiger partial charge in [-0.2, -0.15) is 0 Å². The molecule has 0 saturated heterocycles. The molecule has 1 heterocycles. The zero-order chi connectivity index (χ0) is 18.2. The second-order valence-electron chi connectivity index (χ2n) is 5.63. The summed E-state index contributed by atoms with van der Waals surface area (Å²) >= 11 is 1.18. The number of nitrogens with zero attached hydrogens (tertiary/aromatic N) is 1. The van der Waals surface area contributed by atoms with E-state index in [9.17, 15) is 14.0 Å². The molecule has 1 aromatic carbocycles. The van der Waals surface area contributed by atoms with E-state index in [-0.39, 0.29) is 17.2 Å². The standard InChI is InChI=1S/C18H22FN3O2S/c1-3-5-8-12-11-16(23)22-18(20-12)25-15(4-2)17(24)21-14-10-7-6-9-13(14)19/h6-7,9-11,15H,3-5,8H2,1-2H3,(H,21,24)(H,20,22,23). The van der Waals surface area contributed by atoms with Crippen LogP contribution in [0.25, 0.3) is 0 Å². The minimum Gasteiger partial charge on any atom is -0.323 e. The van der Waals surface area contributed by atoms with Gasteiger partial charge in [0.15, 0.2) is 5.16 Å². The number of hydrogen-bond acceptors (Lipinski definition) is 4. The van der Waals surface area contributed by atoms with Crippen molar-refractivity contribution in [1.82, 2.24) is 9.97 Å². The summed E-state index contributed by atoms with van der Waals surface area (Å²) in [6.07, 6.45) is 3.21. The number of aromatic amines is 1. The number of rotatable bonds is 8. The van der Waals surface area contributed by atoms with Crippen molar-refractivity contribution in [3.8, 4) is 0 Å². The highest BCUT2D eigenvalue weighted by Crippen LogP contribution is 2.24. The molecule has 0 fully saturated rings. The molecular formula is C18H22FN3O2S. The van der Waals surface area contributed by atoms with Gasteiger partial charge in [-0.3, -0.25) is 9.59 Å². The number of carbonyl (C=O) groups excluding carboxylic acids is 1. The van der Waals surface area contributed by atoms with Crippen LogP contribution in [0.3, 0.4) is 0 Å². The van der Waals surface area contributed by atoms with E-state index in [1.165, 1.54) is 30.0 Å². The Balaban J connectivity index is 2.11. The van der Waals surface area contributed by atoms with Gasteiger partial charge in [0.1, 0.15) is 5.82 Å². The SMILES string of the molecule is CCCCc1cc(=O)[nH]c(SC(CC)C(=O)Nc2ccccc2F)n1. The fraction of sp³-hybridized carbons (Fsp3) is 0.389. The summed E-state index contributed by atoms with van der Waals surface area (Å²) < 4.78 is 13.7. The maximum atomic E-state index is 13.7. The van der Waals surface area contributed by atoms with Gasteiger partial charge in [0, 0.05) is 11.8 Å². The number of H-pyrrole nitrogens is 1. The first-order valence-corrected chi connectivity index (χ1v) is 9.23. The molecule has 0 aliphatic rings. The molecule has 1 amide bonds. The van der Waals surface area contributed by atoms with Gasteiger partial charge >= 0.3 is 0 Å². The molecular weight excluding hydrogens is 341 g/mol. The molecule has 0 saturated carbocycles. The summed E-state index contributed by atoms with van der Waals surface area (Å²) in [5, 5.41) is 2.52. The number of thioether (sulfide) groups is 1. The van der Waals surface area contributed by atoms with Crippen molar-refractivity contribution in [1.29, 1.82) is 0 Å². The maximum Gasteiger partial charge on any atom is 0.251 e. The first-order valence-electron chi connectivity index (χ1n) is 8.35. The van der Waals surface area contributed by atoms with Crippen molar-refractivity contribution in [2.75, 3.05) is 5.32 Å². The first-order chi connectivity index (χ1) is 12.0. The van der Waals surface area contributed by atoms with Crippen molar-refractivity contribution in [2.24, 2.45) is 0 Å². The number of para-hydroxylation sites is 1. The van der Waals surface area contributed by atoms with Crippen LogP contribution < -0.4 is 10.9 Å². The number of hydrogen-bond donors (Lipinski definition) is 2. The Bertz CT molecular complexity index is 779. The Morgan fingerprint density at radius 3 is 2.80 bits per heavy atom. The minimum absolute atomic E-state index is 0.143. The number of amides is 1. The normalized spacial score (nSPS) is 12.0. The quantitative estimate of drug-likeness (QED) is 0.553. The monoisotopic (exact) mass is 363 g/mol. The molecule has 0 bridgehead atoms. The van der Waals surface area contributed by atoms with Gasteiger partial charge < -0.3 is 10.3 Å². The van der Waals surface area contributed by atoms with Gasteiger partial charge in [-0.05, 0) is 31.4 Å². The molecule has 1 atom stereocenters. The maximum absolute atomic E-state index is 13.7. The molecule has 5 nitrogen and oxygen atoms in total. The number of aryl methyl sites for hydroxylation is 1. The number of unbranched alkanes of at least 4 members (excludes halogenated alkanes) is 1. The lowest BCUT2D eigenvalue weighted by atomic mass is 10.2. The van der Waals surface area contributed by atoms with E-state index < -0.39 is 11.1 Å². The van der Waals surface area contributed by atoms with Crippen molar-refractivity contribution in [3.63, 3.8) is 0 Å². The van der Waals surface area contributed by atoms with Gasteiger partial charge in [-0.15, -0.1) is 0 Å². The van der Waals surface area contributed by atoms with E-state index in [1.807, 2.05) is 6.92 Å². The zero-order valence-electron chi connectivity index (χ0n) is 14.3. The second-order valence-corrected chi connectivity index (χ2v) is 6.82. The number of carbonyl (C=O) groups is 1. The Morgan fingerprint density at radius 1 is 1.36 bits per heavy atom. The smallest absolute Gasteiger partial charge is 0.251 e. The number of nitrogens with one attached hydrogen (secondary N) is 2. The van der Waals surface area contributed by atoms with Crippen LogP contribution in [0.5, 0.6) is 0 Å². The summed E-state index contributed by atoms with van der Waals surface area (Å²) in [5.74, 6) is -0.803. The molecule has 1 aromatic heterocycles. The fourth-order valence-electron chi connectivity index (χ4n) is 2.26. The van der Waals surface area contributed by atoms with Gasteiger partial charge in [0.05, 0.1) is 10.9 Å². The lowest BCUT2D eigenvalue weighted by molar-refractivity contribution is -0.115. The average Bonchev–Trinajstić information content (AvgIpc) is 2.59. The number of benzene rings is 1. The van der Waals surface area contributed by atoms with Crippen molar-refractivity contribution in [2.45, 2.75) is 49.9 Å². The summed E-state index contributed by atoms with van der Waals surface area (Å²) in [4.78, 5) is 31.3. The molecule has 0 aliphatic carbocycles. The van der Waals surface area contributed by atoms with E-state index >= 15 is 0 Å². The Hall–Kier alpha value is -2.15. The van der Waals surface area contributed by atoms with Crippen molar-refractivity contribution < 1.29 is 9.18 Å². The highest BCUT2D eigenvalue weighted by atomic mass is 32.2. The first kappa shape index (κ1) is 19.2. The van der Waals surface area contributed by atoms with E-state index in [1.54, 1.807) is 12.1 Å². The van der Waals surface area contributed by atoms with Gasteiger partial charge in [-0.1, -0.05) is 44.2 Å². The van der Waals surface area contributed by atoms with E-state index in [4.69, 9.17) is 0 Å². The van der Waals surface area contributed by atoms with Gasteiger partial charge in [0.25, 0.3) is 5.56 Å². The zero-order valence-corrected chi connectivity index (χ0v) is 15.2. The Labute approximate surface area is 150 Å². The second kappa shape index (κ2) is 9.36. The molecule has 0 spiro atoms. The van der Waals surface area contributed by atoms with Crippen LogP contribution in [0.15, 0.2) is 40.3 Å². The molecule has 2 aromatic rings. The molecule has 0 aliphatic heterocycles. The lowest BCUT2D eigenvalue weighted by Crippen LogP contribution is -2.25. The molecule has 7 heteroatoms. The van der Waals surface area contributed by atoms with Crippen LogP contribution in [0, 0.1) is 5.82 Å². The van der Waals surface area contributed by atoms with Crippen LogP contribution >= 0.6 is 11.8 Å². The van der Waals surface area contributed by atoms with Crippen LogP contribution in [-0.2, 0) is 11.2 Å². The van der Waals surface area contributed by atoms with Crippen molar-refractivity contribution in [3.05, 3.63) is 52.2 Å². The van der Waals surface area contributed by atoms with Crippen molar-refractivity contribution >= 4 is 23.4 Å².